The van der Waals surface area contributed by atoms with Crippen LogP contribution in [0.2, 0.25) is 0 Å². The maximum atomic E-state index is 9.59. The molecule has 0 fully saturated rings. The normalized spacial score (nSPS) is 8.00. The van der Waals surface area contributed by atoms with Crippen molar-refractivity contribution in [1.82, 2.24) is 0 Å². The van der Waals surface area contributed by atoms with E-state index < -0.39 is 5.09 Å². The molecule has 5 heteroatoms. The topological polar surface area (TPSA) is 65.5 Å². The molecule has 0 radical (unpaired) electrons. The van der Waals surface area contributed by atoms with Crippen LogP contribution in [-0.4, -0.2) is 5.09 Å². The highest BCUT2D eigenvalue weighted by Gasteiger charge is 1.98. The van der Waals surface area contributed by atoms with Crippen molar-refractivity contribution in [3.05, 3.63) is 28.5 Å². The van der Waals surface area contributed by atoms with E-state index in [9.17, 15) is 10.1 Å². The summed E-state index contributed by atoms with van der Waals surface area (Å²) in [6.45, 7) is 0. The van der Waals surface area contributed by atoms with Gasteiger partial charge in [-0.05, 0) is 6.07 Å². The van der Waals surface area contributed by atoms with Gasteiger partial charge in [0.25, 0.3) is 5.95 Å². The molecule has 1 heterocycles. The first-order chi connectivity index (χ1) is 4.29. The Hall–Kier alpha value is -1.52. The predicted molar refractivity (Wildman–Crippen MR) is 33.1 cm³/mol. The summed E-state index contributed by atoms with van der Waals surface area (Å²) in [5.74, 6) is -0.111. The van der Waals surface area contributed by atoms with Crippen LogP contribution in [0.1, 0.15) is 7.43 Å². The first-order valence-electron chi connectivity index (χ1n) is 2.15. The lowest BCUT2D eigenvalue weighted by atomic mass is 10.7. The standard InChI is InChI=1S/C4H3NO4.CH4/c6-5(7)9-4-2-1-3-8-4;/h1-3H;1H4. The Morgan fingerprint density at radius 3 is 2.80 bits per heavy atom. The number of hydrogen-bond acceptors (Lipinski definition) is 4. The number of hydrogen-bond donors (Lipinski definition) is 0. The lowest BCUT2D eigenvalue weighted by molar-refractivity contribution is -0.714. The molecule has 0 spiro atoms. The van der Waals surface area contributed by atoms with Crippen LogP contribution >= 0.6 is 0 Å². The van der Waals surface area contributed by atoms with E-state index in [1.54, 1.807) is 0 Å². The van der Waals surface area contributed by atoms with Crippen LogP contribution in [0.4, 0.5) is 0 Å². The third-order valence-corrected chi connectivity index (χ3v) is 0.660. The van der Waals surface area contributed by atoms with Gasteiger partial charge >= 0.3 is 5.09 Å². The lowest BCUT2D eigenvalue weighted by Crippen LogP contribution is -2.01. The third-order valence-electron chi connectivity index (χ3n) is 0.660. The minimum absolute atomic E-state index is 0. The third kappa shape index (κ3) is 2.17. The summed E-state index contributed by atoms with van der Waals surface area (Å²) >= 11 is 0. The van der Waals surface area contributed by atoms with E-state index in [2.05, 4.69) is 9.25 Å². The Kier molecular flexibility index (Phi) is 2.96. The molecule has 0 aromatic carbocycles. The van der Waals surface area contributed by atoms with Crippen molar-refractivity contribution in [1.29, 1.82) is 0 Å². The van der Waals surface area contributed by atoms with E-state index >= 15 is 0 Å². The van der Waals surface area contributed by atoms with E-state index in [-0.39, 0.29) is 13.4 Å². The monoisotopic (exact) mass is 145 g/mol. The van der Waals surface area contributed by atoms with Crippen molar-refractivity contribution < 1.29 is 14.3 Å². The molecule has 5 nitrogen and oxygen atoms in total. The van der Waals surface area contributed by atoms with Gasteiger partial charge in [0.2, 0.25) is 0 Å². The molecule has 0 amide bonds. The molecular formula is C5H7NO4. The van der Waals surface area contributed by atoms with E-state index in [4.69, 9.17) is 0 Å². The largest absolute Gasteiger partial charge is 0.444 e. The molecule has 1 rings (SSSR count). The predicted octanol–water partition coefficient (Wildman–Crippen LogP) is 1.49. The molecule has 0 saturated carbocycles. The molecule has 0 aliphatic heterocycles. The van der Waals surface area contributed by atoms with Gasteiger partial charge in [-0.25, -0.2) is 4.84 Å². The summed E-state index contributed by atoms with van der Waals surface area (Å²) < 4.78 is 4.48. The van der Waals surface area contributed by atoms with Crippen molar-refractivity contribution in [3.63, 3.8) is 0 Å². The smallest absolute Gasteiger partial charge is 0.302 e. The Labute approximate surface area is 57.3 Å². The fraction of sp³-hybridized carbons (Fsp3) is 0.200. The first-order valence-corrected chi connectivity index (χ1v) is 2.15. The molecule has 0 aliphatic rings. The maximum absolute atomic E-state index is 9.59. The van der Waals surface area contributed by atoms with Crippen LogP contribution in [0, 0.1) is 10.1 Å². The van der Waals surface area contributed by atoms with E-state index in [1.165, 1.54) is 18.4 Å². The summed E-state index contributed by atoms with van der Waals surface area (Å²) in [5.41, 5.74) is 0. The molecule has 0 N–H and O–H groups in total. The van der Waals surface area contributed by atoms with Gasteiger partial charge in [0.1, 0.15) is 0 Å². The molecule has 0 unspecified atom stereocenters. The van der Waals surface area contributed by atoms with Gasteiger partial charge in [0, 0.05) is 6.07 Å². The van der Waals surface area contributed by atoms with Gasteiger partial charge in [-0.3, -0.25) is 0 Å². The minimum atomic E-state index is -0.932. The number of nitrogens with zero attached hydrogens (tertiary/aromatic N) is 1. The number of furan rings is 1. The van der Waals surface area contributed by atoms with Crippen LogP contribution < -0.4 is 4.84 Å². The van der Waals surface area contributed by atoms with E-state index in [0.717, 1.165) is 0 Å². The Morgan fingerprint density at radius 1 is 1.70 bits per heavy atom. The van der Waals surface area contributed by atoms with Gasteiger partial charge in [0.15, 0.2) is 0 Å². The second-order valence-corrected chi connectivity index (χ2v) is 1.25. The molecule has 0 bridgehead atoms. The van der Waals surface area contributed by atoms with E-state index in [1.807, 2.05) is 0 Å². The van der Waals surface area contributed by atoms with Crippen molar-refractivity contribution in [2.45, 2.75) is 7.43 Å². The molecule has 0 atom stereocenters. The summed E-state index contributed by atoms with van der Waals surface area (Å²) in [6.07, 6.45) is 1.29. The fourth-order valence-electron chi connectivity index (χ4n) is 0.389. The van der Waals surface area contributed by atoms with E-state index in [0.29, 0.717) is 0 Å². The van der Waals surface area contributed by atoms with Gasteiger partial charge in [0.05, 0.1) is 6.26 Å². The van der Waals surface area contributed by atoms with Crippen LogP contribution in [0.5, 0.6) is 5.95 Å². The molecular weight excluding hydrogens is 138 g/mol. The summed E-state index contributed by atoms with van der Waals surface area (Å²) in [4.78, 5) is 13.5. The van der Waals surface area contributed by atoms with Crippen LogP contribution in [-0.2, 0) is 0 Å². The van der Waals surface area contributed by atoms with Crippen molar-refractivity contribution in [2.24, 2.45) is 0 Å². The lowest BCUT2D eigenvalue weighted by Gasteiger charge is -1.86. The van der Waals surface area contributed by atoms with Crippen molar-refractivity contribution in [2.75, 3.05) is 0 Å². The van der Waals surface area contributed by atoms with Gasteiger partial charge < -0.3 is 4.42 Å². The van der Waals surface area contributed by atoms with Crippen LogP contribution in [0.3, 0.4) is 0 Å². The molecule has 1 aromatic heterocycles. The molecule has 1 aromatic rings. The summed E-state index contributed by atoms with van der Waals surface area (Å²) in [6, 6.07) is 2.85. The average Bonchev–Trinajstić information content (AvgIpc) is 2.15. The van der Waals surface area contributed by atoms with Gasteiger partial charge in [-0.1, -0.05) is 7.43 Å². The second-order valence-electron chi connectivity index (χ2n) is 1.25. The first kappa shape index (κ1) is 8.48. The van der Waals surface area contributed by atoms with Crippen LogP contribution in [0.15, 0.2) is 22.8 Å². The SMILES string of the molecule is C.O=[N+]([O-])Oc1ccco1. The maximum Gasteiger partial charge on any atom is 0.302 e. The minimum Gasteiger partial charge on any atom is -0.444 e. The van der Waals surface area contributed by atoms with Crippen molar-refractivity contribution >= 4 is 0 Å². The Balaban J connectivity index is 0.000000810. The fourth-order valence-corrected chi connectivity index (χ4v) is 0.389. The molecule has 0 aliphatic carbocycles. The Bertz CT molecular complexity index is 193. The number of rotatable bonds is 2. The zero-order chi connectivity index (χ0) is 6.69. The van der Waals surface area contributed by atoms with Gasteiger partial charge in [-0.15, -0.1) is 10.1 Å². The van der Waals surface area contributed by atoms with Crippen molar-refractivity contribution in [3.8, 4) is 5.95 Å². The highest BCUT2D eigenvalue weighted by molar-refractivity contribution is 5.02. The quantitative estimate of drug-likeness (QED) is 0.467. The second kappa shape index (κ2) is 3.49. The highest BCUT2D eigenvalue weighted by Crippen LogP contribution is 2.08. The summed E-state index contributed by atoms with van der Waals surface area (Å²) in [5, 5.41) is 8.66. The molecule has 10 heavy (non-hydrogen) atoms. The van der Waals surface area contributed by atoms with Gasteiger partial charge in [-0.2, -0.15) is 0 Å². The van der Waals surface area contributed by atoms with Crippen LogP contribution in [0.25, 0.3) is 0 Å². The molecule has 56 valence electrons. The average molecular weight is 145 g/mol. The Morgan fingerprint density at radius 2 is 2.40 bits per heavy atom. The summed E-state index contributed by atoms with van der Waals surface area (Å²) in [7, 11) is 0. The highest BCUT2D eigenvalue weighted by atomic mass is 17.0. The molecule has 0 saturated heterocycles. The zero-order valence-corrected chi connectivity index (χ0v) is 4.31. The zero-order valence-electron chi connectivity index (χ0n) is 4.31.